The Morgan fingerprint density at radius 2 is 2.00 bits per heavy atom. The Morgan fingerprint density at radius 1 is 1.19 bits per heavy atom. The molecule has 2 aliphatic rings. The fourth-order valence-corrected chi connectivity index (χ4v) is 3.89. The van der Waals surface area contributed by atoms with Crippen LogP contribution < -0.4 is 5.56 Å². The first-order chi connectivity index (χ1) is 12.7. The molecule has 1 aliphatic heterocycles. The molecule has 2 fully saturated rings. The third-order valence-electron chi connectivity index (χ3n) is 5.82. The van der Waals surface area contributed by atoms with Crippen LogP contribution in [0.3, 0.4) is 0 Å². The van der Waals surface area contributed by atoms with E-state index in [1.165, 1.54) is 19.3 Å². The summed E-state index contributed by atoms with van der Waals surface area (Å²) in [5.41, 5.74) is 1.95. The molecule has 6 nitrogen and oxygen atoms in total. The number of piperidine rings is 1. The molecule has 3 heterocycles. The molecule has 0 amide bonds. The SMILES string of the molecule is Cc1cncn(CC2CCN(Cc3ccnc(C4CCC4)n3)CC2)c1=O. The van der Waals surface area contributed by atoms with E-state index in [1.54, 1.807) is 17.1 Å². The lowest BCUT2D eigenvalue weighted by molar-refractivity contribution is 0.164. The van der Waals surface area contributed by atoms with E-state index >= 15 is 0 Å². The van der Waals surface area contributed by atoms with Gasteiger partial charge in [-0.05, 0) is 57.7 Å². The monoisotopic (exact) mass is 353 g/mol. The molecule has 0 unspecified atom stereocenters. The molecule has 0 N–H and O–H groups in total. The Bertz CT molecular complexity index is 806. The predicted molar refractivity (Wildman–Crippen MR) is 99.9 cm³/mol. The predicted octanol–water partition coefficient (Wildman–Crippen LogP) is 2.52. The number of aryl methyl sites for hydroxylation is 1. The van der Waals surface area contributed by atoms with E-state index < -0.39 is 0 Å². The maximum absolute atomic E-state index is 12.2. The van der Waals surface area contributed by atoms with E-state index in [9.17, 15) is 4.79 Å². The summed E-state index contributed by atoms with van der Waals surface area (Å²) in [6.07, 6.45) is 11.2. The summed E-state index contributed by atoms with van der Waals surface area (Å²) in [4.78, 5) is 28.0. The number of nitrogens with zero attached hydrogens (tertiary/aromatic N) is 5. The van der Waals surface area contributed by atoms with Gasteiger partial charge in [0.25, 0.3) is 5.56 Å². The third-order valence-corrected chi connectivity index (χ3v) is 5.82. The van der Waals surface area contributed by atoms with Crippen LogP contribution in [0.15, 0.2) is 29.6 Å². The van der Waals surface area contributed by atoms with E-state index in [-0.39, 0.29) is 5.56 Å². The van der Waals surface area contributed by atoms with Crippen LogP contribution in [0.25, 0.3) is 0 Å². The summed E-state index contributed by atoms with van der Waals surface area (Å²) < 4.78 is 1.77. The van der Waals surface area contributed by atoms with Crippen molar-refractivity contribution in [2.24, 2.45) is 5.92 Å². The quantitative estimate of drug-likeness (QED) is 0.826. The van der Waals surface area contributed by atoms with Gasteiger partial charge in [0, 0.05) is 37.0 Å². The first kappa shape index (κ1) is 17.3. The molecule has 0 bridgehead atoms. The van der Waals surface area contributed by atoms with Crippen LogP contribution in [0.4, 0.5) is 0 Å². The van der Waals surface area contributed by atoms with Crippen molar-refractivity contribution in [3.63, 3.8) is 0 Å². The number of likely N-dealkylation sites (tertiary alicyclic amines) is 1. The van der Waals surface area contributed by atoms with Crippen LogP contribution in [0.1, 0.15) is 55.1 Å². The van der Waals surface area contributed by atoms with Crippen LogP contribution in [0, 0.1) is 12.8 Å². The van der Waals surface area contributed by atoms with Gasteiger partial charge in [-0.3, -0.25) is 14.3 Å². The molecule has 0 radical (unpaired) electrons. The highest BCUT2D eigenvalue weighted by molar-refractivity contribution is 5.08. The zero-order chi connectivity index (χ0) is 17.9. The van der Waals surface area contributed by atoms with Crippen LogP contribution in [-0.4, -0.2) is 37.5 Å². The molecule has 1 aliphatic carbocycles. The second-order valence-electron chi connectivity index (χ2n) is 7.79. The molecule has 2 aromatic heterocycles. The lowest BCUT2D eigenvalue weighted by Gasteiger charge is -2.32. The first-order valence-electron chi connectivity index (χ1n) is 9.74. The Labute approximate surface area is 154 Å². The van der Waals surface area contributed by atoms with Gasteiger partial charge in [0.2, 0.25) is 0 Å². The minimum Gasteiger partial charge on any atom is -0.299 e. The lowest BCUT2D eigenvalue weighted by Crippen LogP contribution is -2.36. The molecule has 1 saturated heterocycles. The summed E-state index contributed by atoms with van der Waals surface area (Å²) in [7, 11) is 0. The molecule has 1 saturated carbocycles. The van der Waals surface area contributed by atoms with Gasteiger partial charge in [0.15, 0.2) is 0 Å². The number of aromatic nitrogens is 4. The Hall–Kier alpha value is -2.08. The van der Waals surface area contributed by atoms with E-state index in [4.69, 9.17) is 4.98 Å². The molecular formula is C20H27N5O. The maximum atomic E-state index is 12.2. The van der Waals surface area contributed by atoms with Crippen LogP contribution in [-0.2, 0) is 13.1 Å². The van der Waals surface area contributed by atoms with Crippen molar-refractivity contribution in [2.75, 3.05) is 13.1 Å². The van der Waals surface area contributed by atoms with Gasteiger partial charge in [-0.2, -0.15) is 0 Å². The van der Waals surface area contributed by atoms with Gasteiger partial charge in [0.1, 0.15) is 5.82 Å². The average molecular weight is 353 g/mol. The van der Waals surface area contributed by atoms with Crippen molar-refractivity contribution in [1.82, 2.24) is 24.4 Å². The van der Waals surface area contributed by atoms with Gasteiger partial charge in [-0.25, -0.2) is 15.0 Å². The summed E-state index contributed by atoms with van der Waals surface area (Å²) in [5.74, 6) is 2.17. The minimum atomic E-state index is 0.0898. The smallest absolute Gasteiger partial charge is 0.256 e. The standard InChI is InChI=1S/C20H27N5O/c1-15-11-21-14-25(20(15)26)12-16-6-9-24(10-7-16)13-18-5-8-22-19(23-18)17-3-2-4-17/h5,8,11,14,16-17H,2-4,6-7,9-10,12-13H2,1H3. The van der Waals surface area contributed by atoms with Gasteiger partial charge < -0.3 is 0 Å². The lowest BCUT2D eigenvalue weighted by atomic mass is 9.85. The Morgan fingerprint density at radius 3 is 2.73 bits per heavy atom. The Kier molecular flexibility index (Phi) is 5.11. The summed E-state index contributed by atoms with van der Waals surface area (Å²) in [5, 5.41) is 0. The van der Waals surface area contributed by atoms with Crippen LogP contribution in [0.5, 0.6) is 0 Å². The van der Waals surface area contributed by atoms with Gasteiger partial charge in [0.05, 0.1) is 12.0 Å². The van der Waals surface area contributed by atoms with Crippen molar-refractivity contribution in [3.8, 4) is 0 Å². The first-order valence-corrected chi connectivity index (χ1v) is 9.74. The van der Waals surface area contributed by atoms with E-state index in [0.717, 1.165) is 56.1 Å². The highest BCUT2D eigenvalue weighted by Crippen LogP contribution is 2.34. The molecule has 0 atom stereocenters. The normalized spacial score (nSPS) is 19.4. The van der Waals surface area contributed by atoms with Gasteiger partial charge in [-0.1, -0.05) is 6.42 Å². The molecule has 0 aromatic carbocycles. The van der Waals surface area contributed by atoms with Crippen molar-refractivity contribution >= 4 is 0 Å². The molecule has 138 valence electrons. The van der Waals surface area contributed by atoms with Crippen LogP contribution >= 0.6 is 0 Å². The minimum absolute atomic E-state index is 0.0898. The van der Waals surface area contributed by atoms with Crippen molar-refractivity contribution in [1.29, 1.82) is 0 Å². The van der Waals surface area contributed by atoms with E-state index in [1.807, 2.05) is 19.2 Å². The summed E-state index contributed by atoms with van der Waals surface area (Å²) in [6, 6.07) is 2.05. The average Bonchev–Trinajstić information content (AvgIpc) is 2.60. The highest BCUT2D eigenvalue weighted by atomic mass is 16.1. The number of rotatable bonds is 5. The number of hydrogen-bond acceptors (Lipinski definition) is 5. The summed E-state index contributed by atoms with van der Waals surface area (Å²) >= 11 is 0. The van der Waals surface area contributed by atoms with E-state index in [2.05, 4.69) is 14.9 Å². The van der Waals surface area contributed by atoms with Crippen molar-refractivity contribution in [2.45, 2.75) is 58.0 Å². The molecule has 4 rings (SSSR count). The van der Waals surface area contributed by atoms with Crippen molar-refractivity contribution < 1.29 is 0 Å². The van der Waals surface area contributed by atoms with Gasteiger partial charge in [-0.15, -0.1) is 0 Å². The second kappa shape index (κ2) is 7.66. The molecule has 2 aromatic rings. The number of hydrogen-bond donors (Lipinski definition) is 0. The molecule has 6 heteroatoms. The zero-order valence-corrected chi connectivity index (χ0v) is 15.5. The fourth-order valence-electron chi connectivity index (χ4n) is 3.89. The largest absolute Gasteiger partial charge is 0.299 e. The summed E-state index contributed by atoms with van der Waals surface area (Å²) in [6.45, 7) is 5.62. The molecule has 0 spiro atoms. The molecule has 26 heavy (non-hydrogen) atoms. The maximum Gasteiger partial charge on any atom is 0.256 e. The highest BCUT2D eigenvalue weighted by Gasteiger charge is 2.23. The zero-order valence-electron chi connectivity index (χ0n) is 15.5. The van der Waals surface area contributed by atoms with Crippen molar-refractivity contribution in [3.05, 3.63) is 52.2 Å². The molecular weight excluding hydrogens is 326 g/mol. The Balaban J connectivity index is 1.31. The van der Waals surface area contributed by atoms with Gasteiger partial charge >= 0.3 is 0 Å². The third kappa shape index (κ3) is 3.85. The topological polar surface area (TPSA) is 63.9 Å². The van der Waals surface area contributed by atoms with Crippen LogP contribution in [0.2, 0.25) is 0 Å². The van der Waals surface area contributed by atoms with E-state index in [0.29, 0.717) is 11.8 Å². The second-order valence-corrected chi connectivity index (χ2v) is 7.79. The fraction of sp³-hybridized carbons (Fsp3) is 0.600.